The molecule has 5 heavy (non-hydrogen) atoms. The molecule has 0 aliphatic heterocycles. The molecule has 0 aliphatic rings. The highest BCUT2D eigenvalue weighted by Crippen LogP contribution is 1.59. The van der Waals surface area contributed by atoms with Crippen LogP contribution in [0.15, 0.2) is 12.7 Å². The monoisotopic (exact) mass is 88.0 g/mol. The van der Waals surface area contributed by atoms with Crippen molar-refractivity contribution in [1.82, 2.24) is 0 Å². The van der Waals surface area contributed by atoms with Gasteiger partial charge < -0.3 is 4.43 Å². The van der Waals surface area contributed by atoms with Gasteiger partial charge in [0.1, 0.15) is 10.5 Å². The Morgan fingerprint density at radius 2 is 2.60 bits per heavy atom. The van der Waals surface area contributed by atoms with Crippen LogP contribution in [0, 0.1) is 0 Å². The first-order valence-electron chi connectivity index (χ1n) is 1.51. The number of hydrogen-bond acceptors (Lipinski definition) is 1. The highest BCUT2D eigenvalue weighted by atomic mass is 28.2. The van der Waals surface area contributed by atoms with Crippen LogP contribution in [-0.4, -0.2) is 17.1 Å². The smallest absolute Gasteiger partial charge is 0.146 e. The molecule has 0 aromatic carbocycles. The third-order valence-electron chi connectivity index (χ3n) is 0.285. The van der Waals surface area contributed by atoms with Crippen molar-refractivity contribution >= 4 is 10.5 Å². The second-order valence-electron chi connectivity index (χ2n) is 0.744. The number of rotatable bonds is 2. The Kier molecular flexibility index (Phi) is 3.85. The molecule has 0 aliphatic carbocycles. The average Bonchev–Trinajstić information content (AvgIpc) is 1.41. The van der Waals surface area contributed by atoms with Gasteiger partial charge in [-0.3, -0.25) is 0 Å². The minimum Gasteiger partial charge on any atom is -0.424 e. The summed E-state index contributed by atoms with van der Waals surface area (Å²) >= 11 is 0. The normalized spacial score (nSPS) is 8.00. The predicted octanol–water partition coefficient (Wildman–Crippen LogP) is -0.531. The first-order valence-corrected chi connectivity index (χ1v) is 2.33. The Balaban J connectivity index is 2.40. The van der Waals surface area contributed by atoms with Crippen LogP contribution in [-0.2, 0) is 4.43 Å². The van der Waals surface area contributed by atoms with Gasteiger partial charge in [0.05, 0.1) is 6.61 Å². The van der Waals surface area contributed by atoms with Crippen molar-refractivity contribution in [2.45, 2.75) is 0 Å². The molecule has 1 nitrogen and oxygen atoms in total. The van der Waals surface area contributed by atoms with Crippen LogP contribution >= 0.6 is 0 Å². The lowest BCUT2D eigenvalue weighted by molar-refractivity contribution is 0.402. The molecule has 30 valence electrons. The molecule has 0 saturated heterocycles. The minimum atomic E-state index is 0.715. The molecule has 2 heteroatoms. The summed E-state index contributed by atoms with van der Waals surface area (Å²) in [5.74, 6) is 0. The molecule has 0 unspecified atom stereocenters. The maximum Gasteiger partial charge on any atom is 0.146 e. The van der Waals surface area contributed by atoms with E-state index in [-0.39, 0.29) is 0 Å². The molecule has 0 rings (SSSR count). The van der Waals surface area contributed by atoms with Gasteiger partial charge in [0.25, 0.3) is 0 Å². The van der Waals surface area contributed by atoms with Gasteiger partial charge in [-0.05, 0) is 0 Å². The van der Waals surface area contributed by atoms with Gasteiger partial charge in [-0.25, -0.2) is 0 Å². The van der Waals surface area contributed by atoms with Crippen LogP contribution in [0.2, 0.25) is 0 Å². The summed E-state index contributed by atoms with van der Waals surface area (Å²) in [7, 11) is 0.827. The molecule has 0 amide bonds. The summed E-state index contributed by atoms with van der Waals surface area (Å²) in [5, 5.41) is 0. The van der Waals surface area contributed by atoms with E-state index in [1.165, 1.54) is 0 Å². The van der Waals surface area contributed by atoms with Gasteiger partial charge in [0.15, 0.2) is 0 Å². The lowest BCUT2D eigenvalue weighted by Gasteiger charge is -1.80. The first kappa shape index (κ1) is 4.92. The van der Waals surface area contributed by atoms with Crippen molar-refractivity contribution < 1.29 is 4.43 Å². The Hall–Kier alpha value is -0.0831. The molecule has 0 bridgehead atoms. The summed E-state index contributed by atoms with van der Waals surface area (Å²) in [5.41, 5.74) is 0. The van der Waals surface area contributed by atoms with Crippen LogP contribution in [0.25, 0.3) is 0 Å². The summed E-state index contributed by atoms with van der Waals surface area (Å²) in [6, 6.07) is 0. The predicted molar refractivity (Wildman–Crippen MR) is 26.1 cm³/mol. The fourth-order valence-electron chi connectivity index (χ4n) is 0.118. The lowest BCUT2D eigenvalue weighted by Crippen LogP contribution is -1.79. The lowest BCUT2D eigenvalue weighted by atomic mass is 10.7. The molecular formula is C3H8OSi. The topological polar surface area (TPSA) is 9.23 Å². The molecule has 0 atom stereocenters. The van der Waals surface area contributed by atoms with Crippen molar-refractivity contribution in [2.24, 2.45) is 0 Å². The summed E-state index contributed by atoms with van der Waals surface area (Å²) < 4.78 is 4.71. The number of hydrogen-bond donors (Lipinski definition) is 0. The zero-order valence-electron chi connectivity index (χ0n) is 3.40. The minimum absolute atomic E-state index is 0.715. The van der Waals surface area contributed by atoms with Crippen LogP contribution in [0.3, 0.4) is 0 Å². The Morgan fingerprint density at radius 3 is 2.60 bits per heavy atom. The van der Waals surface area contributed by atoms with E-state index in [1.54, 1.807) is 6.08 Å². The molecule has 0 heterocycles. The van der Waals surface area contributed by atoms with Crippen LogP contribution in [0.5, 0.6) is 0 Å². The Labute approximate surface area is 35.2 Å². The standard InChI is InChI=1S/C3H8OSi/c1-2-3-4-5/h2H,1,3H2,5H3. The fourth-order valence-corrected chi connectivity index (χ4v) is 0.354. The van der Waals surface area contributed by atoms with Crippen LogP contribution in [0.4, 0.5) is 0 Å². The summed E-state index contributed by atoms with van der Waals surface area (Å²) in [6.07, 6.45) is 1.74. The van der Waals surface area contributed by atoms with Crippen molar-refractivity contribution in [1.29, 1.82) is 0 Å². The first-order chi connectivity index (χ1) is 2.41. The quantitative estimate of drug-likeness (QED) is 0.326. The highest BCUT2D eigenvalue weighted by molar-refractivity contribution is 5.98. The largest absolute Gasteiger partial charge is 0.424 e. The van der Waals surface area contributed by atoms with Gasteiger partial charge in [0.2, 0.25) is 0 Å². The molecule has 0 aromatic heterocycles. The van der Waals surface area contributed by atoms with E-state index in [0.717, 1.165) is 10.5 Å². The van der Waals surface area contributed by atoms with Crippen molar-refractivity contribution in [3.8, 4) is 0 Å². The molecule has 0 fully saturated rings. The molecule has 0 radical (unpaired) electrons. The van der Waals surface area contributed by atoms with Crippen molar-refractivity contribution in [3.63, 3.8) is 0 Å². The molecule has 0 aromatic rings. The van der Waals surface area contributed by atoms with E-state index < -0.39 is 0 Å². The SMILES string of the molecule is C=CCO[SiH3]. The zero-order valence-corrected chi connectivity index (χ0v) is 5.40. The van der Waals surface area contributed by atoms with E-state index in [1.807, 2.05) is 0 Å². The van der Waals surface area contributed by atoms with Gasteiger partial charge in [0, 0.05) is 0 Å². The summed E-state index contributed by atoms with van der Waals surface area (Å²) in [6.45, 7) is 4.16. The van der Waals surface area contributed by atoms with E-state index in [0.29, 0.717) is 6.61 Å². The van der Waals surface area contributed by atoms with Crippen molar-refractivity contribution in [3.05, 3.63) is 12.7 Å². The van der Waals surface area contributed by atoms with Crippen LogP contribution < -0.4 is 0 Å². The summed E-state index contributed by atoms with van der Waals surface area (Å²) in [4.78, 5) is 0. The molecule has 0 spiro atoms. The second-order valence-corrected chi connectivity index (χ2v) is 1.32. The third-order valence-corrected chi connectivity index (χ3v) is 0.618. The van der Waals surface area contributed by atoms with Gasteiger partial charge >= 0.3 is 0 Å². The third kappa shape index (κ3) is 3.92. The molecule has 0 N–H and O–H groups in total. The Bertz CT molecular complexity index is 28.1. The van der Waals surface area contributed by atoms with Crippen LogP contribution in [0.1, 0.15) is 0 Å². The molecule has 0 saturated carbocycles. The average molecular weight is 88.2 g/mol. The highest BCUT2D eigenvalue weighted by Gasteiger charge is 1.57. The second kappa shape index (κ2) is 3.92. The van der Waals surface area contributed by atoms with Crippen molar-refractivity contribution in [2.75, 3.05) is 6.61 Å². The van der Waals surface area contributed by atoms with Gasteiger partial charge in [-0.2, -0.15) is 0 Å². The maximum absolute atomic E-state index is 4.71. The fraction of sp³-hybridized carbons (Fsp3) is 0.333. The van der Waals surface area contributed by atoms with E-state index in [4.69, 9.17) is 4.43 Å². The maximum atomic E-state index is 4.71. The van der Waals surface area contributed by atoms with E-state index in [9.17, 15) is 0 Å². The van der Waals surface area contributed by atoms with Gasteiger partial charge in [-0.15, -0.1) is 6.58 Å². The Morgan fingerprint density at radius 1 is 2.00 bits per heavy atom. The van der Waals surface area contributed by atoms with E-state index in [2.05, 4.69) is 6.58 Å². The van der Waals surface area contributed by atoms with Gasteiger partial charge in [-0.1, -0.05) is 6.08 Å². The van der Waals surface area contributed by atoms with E-state index >= 15 is 0 Å². The zero-order chi connectivity index (χ0) is 4.12. The molecular weight excluding hydrogens is 80.1 g/mol.